The van der Waals surface area contributed by atoms with Gasteiger partial charge in [-0.1, -0.05) is 0 Å². The number of carbonyl (C=O) groups excluding carboxylic acids is 1. The van der Waals surface area contributed by atoms with E-state index in [1.165, 1.54) is 25.4 Å². The Balaban J connectivity index is 1.44. The summed E-state index contributed by atoms with van der Waals surface area (Å²) in [5, 5.41) is 2.36. The summed E-state index contributed by atoms with van der Waals surface area (Å²) in [5.41, 5.74) is 1.54. The Morgan fingerprint density at radius 1 is 1.16 bits per heavy atom. The number of fused-ring (bicyclic) bond motifs is 1. The van der Waals surface area contributed by atoms with E-state index in [0.29, 0.717) is 43.9 Å². The largest absolute Gasteiger partial charge is 0.368 e. The van der Waals surface area contributed by atoms with Crippen molar-refractivity contribution in [2.75, 3.05) is 38.1 Å². The van der Waals surface area contributed by atoms with E-state index in [1.54, 1.807) is 13.0 Å². The second-order valence-corrected chi connectivity index (χ2v) is 7.49. The Morgan fingerprint density at radius 3 is 2.58 bits per heavy atom. The maximum atomic E-state index is 14.5. The first kappa shape index (κ1) is 20.9. The lowest BCUT2D eigenvalue weighted by atomic mass is 10.1. The van der Waals surface area contributed by atoms with E-state index in [4.69, 9.17) is 0 Å². The highest BCUT2D eigenvalue weighted by atomic mass is 19.1. The van der Waals surface area contributed by atoms with Crippen molar-refractivity contribution in [3.63, 3.8) is 0 Å². The van der Waals surface area contributed by atoms with Crippen LogP contribution in [0.3, 0.4) is 0 Å². The van der Waals surface area contributed by atoms with Gasteiger partial charge in [0.15, 0.2) is 17.3 Å². The van der Waals surface area contributed by atoms with Gasteiger partial charge in [-0.15, -0.1) is 0 Å². The molecule has 0 unspecified atom stereocenters. The highest BCUT2D eigenvalue weighted by molar-refractivity contribution is 5.92. The standard InChI is InChI=1S/C21H22F2N6O2/c1-12-20(30)27-17-8-13(7-15(22)18(17)26-12)11-28-3-5-29(6-4-28)14-9-16(23)19(25-10-14)21(31)24-2/h7-10H,3-6,11H2,1-2H3,(H,24,31)(H,27,30). The van der Waals surface area contributed by atoms with Gasteiger partial charge in [0, 0.05) is 45.8 Å². The summed E-state index contributed by atoms with van der Waals surface area (Å²) in [7, 11) is 1.42. The predicted molar refractivity (Wildman–Crippen MR) is 112 cm³/mol. The second-order valence-electron chi connectivity index (χ2n) is 7.49. The van der Waals surface area contributed by atoms with E-state index in [1.807, 2.05) is 4.90 Å². The number of aromatic nitrogens is 3. The quantitative estimate of drug-likeness (QED) is 0.656. The molecule has 3 heterocycles. The third kappa shape index (κ3) is 4.24. The first-order valence-electron chi connectivity index (χ1n) is 9.89. The summed E-state index contributed by atoms with van der Waals surface area (Å²) in [4.78, 5) is 38.2. The first-order valence-corrected chi connectivity index (χ1v) is 9.89. The molecule has 0 spiro atoms. The lowest BCUT2D eigenvalue weighted by Crippen LogP contribution is -2.46. The number of amides is 1. The van der Waals surface area contributed by atoms with Gasteiger partial charge in [-0.05, 0) is 24.6 Å². The third-order valence-electron chi connectivity index (χ3n) is 5.39. The van der Waals surface area contributed by atoms with Crippen LogP contribution >= 0.6 is 0 Å². The van der Waals surface area contributed by atoms with Crippen LogP contribution in [0.5, 0.6) is 0 Å². The molecule has 1 saturated heterocycles. The van der Waals surface area contributed by atoms with E-state index in [-0.39, 0.29) is 22.5 Å². The molecule has 3 aromatic rings. The van der Waals surface area contributed by atoms with Crippen molar-refractivity contribution in [2.24, 2.45) is 0 Å². The van der Waals surface area contributed by atoms with Gasteiger partial charge in [0.25, 0.3) is 11.5 Å². The van der Waals surface area contributed by atoms with E-state index < -0.39 is 17.5 Å². The zero-order valence-corrected chi connectivity index (χ0v) is 17.2. The van der Waals surface area contributed by atoms with Crippen LogP contribution in [-0.2, 0) is 6.54 Å². The molecule has 4 rings (SSSR count). The van der Waals surface area contributed by atoms with Crippen LogP contribution in [0.2, 0.25) is 0 Å². The van der Waals surface area contributed by atoms with E-state index in [0.717, 1.165) is 5.56 Å². The number of hydrogen-bond donors (Lipinski definition) is 2. The number of pyridine rings is 1. The minimum atomic E-state index is -0.663. The number of aromatic amines is 1. The number of piperazine rings is 1. The Labute approximate surface area is 176 Å². The molecular formula is C21H22F2N6O2. The van der Waals surface area contributed by atoms with Crippen molar-refractivity contribution in [1.29, 1.82) is 0 Å². The molecule has 0 radical (unpaired) electrons. The predicted octanol–water partition coefficient (Wildman–Crippen LogP) is 1.59. The molecule has 2 aromatic heterocycles. The molecule has 0 aliphatic carbocycles. The van der Waals surface area contributed by atoms with Crippen molar-refractivity contribution in [1.82, 2.24) is 25.2 Å². The summed E-state index contributed by atoms with van der Waals surface area (Å²) < 4.78 is 28.7. The van der Waals surface area contributed by atoms with Crippen molar-refractivity contribution in [3.05, 3.63) is 63.3 Å². The smallest absolute Gasteiger partial charge is 0.272 e. The molecule has 31 heavy (non-hydrogen) atoms. The topological polar surface area (TPSA) is 94.2 Å². The average molecular weight is 428 g/mol. The van der Waals surface area contributed by atoms with Crippen LogP contribution in [0, 0.1) is 18.6 Å². The zero-order valence-electron chi connectivity index (χ0n) is 17.2. The first-order chi connectivity index (χ1) is 14.9. The number of rotatable bonds is 4. The van der Waals surface area contributed by atoms with Crippen LogP contribution < -0.4 is 15.8 Å². The molecule has 0 saturated carbocycles. The second kappa shape index (κ2) is 8.38. The Kier molecular flexibility index (Phi) is 5.64. The van der Waals surface area contributed by atoms with Crippen LogP contribution in [0.15, 0.2) is 29.2 Å². The minimum absolute atomic E-state index is 0.153. The maximum absolute atomic E-state index is 14.5. The van der Waals surface area contributed by atoms with Gasteiger partial charge in [-0.2, -0.15) is 0 Å². The maximum Gasteiger partial charge on any atom is 0.272 e. The highest BCUT2D eigenvalue weighted by Crippen LogP contribution is 2.21. The lowest BCUT2D eigenvalue weighted by Gasteiger charge is -2.36. The molecule has 8 nitrogen and oxygen atoms in total. The summed E-state index contributed by atoms with van der Waals surface area (Å²) in [6.45, 7) is 4.68. The molecule has 0 bridgehead atoms. The number of nitrogens with one attached hydrogen (secondary N) is 2. The number of H-pyrrole nitrogens is 1. The highest BCUT2D eigenvalue weighted by Gasteiger charge is 2.21. The fourth-order valence-corrected chi connectivity index (χ4v) is 3.70. The molecule has 1 aliphatic rings. The molecular weight excluding hydrogens is 406 g/mol. The van der Waals surface area contributed by atoms with Crippen LogP contribution in [0.25, 0.3) is 11.0 Å². The summed E-state index contributed by atoms with van der Waals surface area (Å²) in [6.07, 6.45) is 1.49. The van der Waals surface area contributed by atoms with Gasteiger partial charge in [-0.3, -0.25) is 14.5 Å². The molecule has 0 atom stereocenters. The Morgan fingerprint density at radius 2 is 1.90 bits per heavy atom. The van der Waals surface area contributed by atoms with Crippen molar-refractivity contribution >= 4 is 22.6 Å². The molecule has 10 heteroatoms. The summed E-state index contributed by atoms with van der Waals surface area (Å²) in [5.74, 6) is -1.70. The molecule has 2 N–H and O–H groups in total. The number of nitrogens with zero attached hydrogens (tertiary/aromatic N) is 4. The monoisotopic (exact) mass is 428 g/mol. The van der Waals surface area contributed by atoms with Crippen LogP contribution in [0.1, 0.15) is 21.7 Å². The van der Waals surface area contributed by atoms with Crippen molar-refractivity contribution < 1.29 is 13.6 Å². The van der Waals surface area contributed by atoms with E-state index in [2.05, 4.69) is 25.2 Å². The van der Waals surface area contributed by atoms with Crippen LogP contribution in [-0.4, -0.2) is 59.0 Å². The summed E-state index contributed by atoms with van der Waals surface area (Å²) >= 11 is 0. The van der Waals surface area contributed by atoms with E-state index >= 15 is 0 Å². The molecule has 1 aliphatic heterocycles. The normalized spacial score (nSPS) is 14.8. The van der Waals surface area contributed by atoms with Gasteiger partial charge >= 0.3 is 0 Å². The van der Waals surface area contributed by atoms with Crippen molar-refractivity contribution in [3.8, 4) is 0 Å². The number of halogens is 2. The minimum Gasteiger partial charge on any atom is -0.368 e. The number of anilines is 1. The number of hydrogen-bond acceptors (Lipinski definition) is 6. The fourth-order valence-electron chi connectivity index (χ4n) is 3.70. The lowest BCUT2D eigenvalue weighted by molar-refractivity contribution is 0.0953. The zero-order chi connectivity index (χ0) is 22.1. The number of carbonyl (C=O) groups is 1. The average Bonchev–Trinajstić information content (AvgIpc) is 2.75. The third-order valence-corrected chi connectivity index (χ3v) is 5.39. The van der Waals surface area contributed by atoms with Gasteiger partial charge in [0.2, 0.25) is 0 Å². The van der Waals surface area contributed by atoms with E-state index in [9.17, 15) is 18.4 Å². The van der Waals surface area contributed by atoms with Gasteiger partial charge in [0.1, 0.15) is 11.2 Å². The molecule has 162 valence electrons. The molecule has 1 fully saturated rings. The molecule has 1 aromatic carbocycles. The van der Waals surface area contributed by atoms with Crippen LogP contribution in [0.4, 0.5) is 14.5 Å². The number of aryl methyl sites for hydroxylation is 1. The van der Waals surface area contributed by atoms with Crippen molar-refractivity contribution in [2.45, 2.75) is 13.5 Å². The summed E-state index contributed by atoms with van der Waals surface area (Å²) in [6, 6.07) is 4.50. The van der Waals surface area contributed by atoms with Gasteiger partial charge in [-0.25, -0.2) is 18.7 Å². The SMILES string of the molecule is CNC(=O)c1ncc(N2CCN(Cc3cc(F)c4nc(C)c(=O)[nH]c4c3)CC2)cc1F. The van der Waals surface area contributed by atoms with Gasteiger partial charge in [0.05, 0.1) is 17.4 Å². The fraction of sp³-hybridized carbons (Fsp3) is 0.333. The van der Waals surface area contributed by atoms with Gasteiger partial charge < -0.3 is 15.2 Å². The Bertz CT molecular complexity index is 1200. The Hall–Kier alpha value is -3.40. The molecule has 1 amide bonds. The number of benzene rings is 1.